The minimum Gasteiger partial charge on any atom is -0.378 e. The molecule has 1 aromatic rings. The molecule has 2 unspecified atom stereocenters. The first-order valence-corrected chi connectivity index (χ1v) is 12.6. The van der Waals surface area contributed by atoms with Gasteiger partial charge in [-0.25, -0.2) is 8.42 Å². The van der Waals surface area contributed by atoms with Crippen LogP contribution in [-0.2, 0) is 21.1 Å². The first-order valence-electron chi connectivity index (χ1n) is 10.7. The summed E-state index contributed by atoms with van der Waals surface area (Å²) in [5, 5.41) is 7.02. The lowest BCUT2D eigenvalue weighted by atomic mass is 9.55. The van der Waals surface area contributed by atoms with Gasteiger partial charge in [0.1, 0.15) is 0 Å². The Bertz CT molecular complexity index is 845. The molecule has 2 saturated carbocycles. The summed E-state index contributed by atoms with van der Waals surface area (Å²) in [6.45, 7) is 5.28. The number of nitrogens with zero attached hydrogens (tertiary/aromatic N) is 1. The molecule has 7 heteroatoms. The van der Waals surface area contributed by atoms with Crippen LogP contribution < -0.4 is 10.6 Å². The minimum atomic E-state index is -3.19. The van der Waals surface area contributed by atoms with Crippen LogP contribution in [0, 0.1) is 12.3 Å². The Morgan fingerprint density at radius 3 is 2.59 bits per heavy atom. The highest BCUT2D eigenvalue weighted by molar-refractivity contribution is 7.90. The highest BCUT2D eigenvalue weighted by atomic mass is 32.2. The quantitative estimate of drug-likeness (QED) is 0.545. The van der Waals surface area contributed by atoms with Gasteiger partial charge in [0.25, 0.3) is 0 Å². The molecular weight excluding hydrogens is 386 g/mol. The number of sulfone groups is 1. The maximum atomic E-state index is 11.8. The van der Waals surface area contributed by atoms with Gasteiger partial charge in [0, 0.05) is 37.9 Å². The molecule has 0 bridgehead atoms. The van der Waals surface area contributed by atoms with Crippen LogP contribution in [0.2, 0.25) is 0 Å². The molecule has 162 valence electrons. The fraction of sp³-hybridized carbons (Fsp3) is 0.682. The molecule has 2 fully saturated rings. The fourth-order valence-corrected chi connectivity index (χ4v) is 6.01. The molecule has 6 nitrogen and oxygen atoms in total. The average Bonchev–Trinajstić information content (AvgIpc) is 2.69. The van der Waals surface area contributed by atoms with E-state index in [1.807, 2.05) is 19.1 Å². The number of nitrogens with one attached hydrogen (secondary N) is 2. The number of hydrogen-bond acceptors (Lipinski definition) is 4. The van der Waals surface area contributed by atoms with Crippen LogP contribution in [0.4, 0.5) is 0 Å². The number of benzene rings is 1. The van der Waals surface area contributed by atoms with E-state index in [1.165, 1.54) is 38.4 Å². The number of hydrogen-bond donors (Lipinski definition) is 2. The first kappa shape index (κ1) is 22.1. The van der Waals surface area contributed by atoms with E-state index in [4.69, 9.17) is 4.74 Å². The molecule has 0 radical (unpaired) electrons. The SMILES string of the molecule is CCOC1CC(NC(=NC)NCc2ccc(S(C)(=O)=O)c(C)c2)C12CCCCC2. The molecule has 0 amide bonds. The minimum absolute atomic E-state index is 0.236. The zero-order chi connectivity index (χ0) is 21.1. The molecule has 29 heavy (non-hydrogen) atoms. The summed E-state index contributed by atoms with van der Waals surface area (Å²) in [5.74, 6) is 0.791. The van der Waals surface area contributed by atoms with Gasteiger partial charge in [-0.1, -0.05) is 31.4 Å². The second kappa shape index (κ2) is 9.04. The largest absolute Gasteiger partial charge is 0.378 e. The van der Waals surface area contributed by atoms with E-state index in [2.05, 4.69) is 22.5 Å². The third-order valence-corrected chi connectivity index (χ3v) is 7.83. The van der Waals surface area contributed by atoms with E-state index in [9.17, 15) is 8.42 Å². The van der Waals surface area contributed by atoms with Gasteiger partial charge >= 0.3 is 0 Å². The Hall–Kier alpha value is -1.60. The van der Waals surface area contributed by atoms with Crippen LogP contribution in [0.5, 0.6) is 0 Å². The average molecular weight is 422 g/mol. The molecule has 1 spiro atoms. The molecule has 2 N–H and O–H groups in total. The summed E-state index contributed by atoms with van der Waals surface area (Å²) < 4.78 is 29.7. The summed E-state index contributed by atoms with van der Waals surface area (Å²) in [6, 6.07) is 5.86. The molecule has 2 aliphatic carbocycles. The van der Waals surface area contributed by atoms with Gasteiger partial charge < -0.3 is 15.4 Å². The van der Waals surface area contributed by atoms with Gasteiger partial charge in [-0.2, -0.15) is 0 Å². The highest BCUT2D eigenvalue weighted by Gasteiger charge is 2.55. The molecule has 2 aliphatic rings. The lowest BCUT2D eigenvalue weighted by Gasteiger charge is -2.57. The Morgan fingerprint density at radius 2 is 2.00 bits per heavy atom. The normalized spacial score (nSPS) is 24.2. The zero-order valence-corrected chi connectivity index (χ0v) is 18.9. The Balaban J connectivity index is 1.62. The second-order valence-electron chi connectivity index (χ2n) is 8.47. The van der Waals surface area contributed by atoms with E-state index in [1.54, 1.807) is 13.1 Å². The van der Waals surface area contributed by atoms with Crippen molar-refractivity contribution in [2.75, 3.05) is 19.9 Å². The van der Waals surface area contributed by atoms with Crippen LogP contribution in [-0.4, -0.2) is 46.4 Å². The van der Waals surface area contributed by atoms with Gasteiger partial charge in [0.15, 0.2) is 15.8 Å². The van der Waals surface area contributed by atoms with Crippen molar-refractivity contribution >= 4 is 15.8 Å². The monoisotopic (exact) mass is 421 g/mol. The molecule has 0 saturated heterocycles. The second-order valence-corrected chi connectivity index (χ2v) is 10.5. The molecule has 0 aliphatic heterocycles. The lowest BCUT2D eigenvalue weighted by Crippen LogP contribution is -2.66. The van der Waals surface area contributed by atoms with Gasteiger partial charge in [0.2, 0.25) is 0 Å². The van der Waals surface area contributed by atoms with E-state index in [-0.39, 0.29) is 5.41 Å². The lowest BCUT2D eigenvalue weighted by molar-refractivity contribution is -0.145. The number of rotatable bonds is 6. The Kier molecular flexibility index (Phi) is 6.89. The number of guanidine groups is 1. The van der Waals surface area contributed by atoms with E-state index in [0.29, 0.717) is 23.6 Å². The van der Waals surface area contributed by atoms with Gasteiger partial charge in [0.05, 0.1) is 11.0 Å². The van der Waals surface area contributed by atoms with E-state index >= 15 is 0 Å². The van der Waals surface area contributed by atoms with Crippen molar-refractivity contribution in [2.45, 2.75) is 76.0 Å². The summed E-state index contributed by atoms with van der Waals surface area (Å²) in [4.78, 5) is 4.80. The molecule has 0 aromatic heterocycles. The van der Waals surface area contributed by atoms with Crippen LogP contribution >= 0.6 is 0 Å². The van der Waals surface area contributed by atoms with Crippen molar-refractivity contribution in [3.8, 4) is 0 Å². The van der Waals surface area contributed by atoms with Crippen molar-refractivity contribution in [1.82, 2.24) is 10.6 Å². The standard InChI is InChI=1S/C22H35N3O3S/c1-5-28-20-14-19(22(20)11-7-6-8-12-22)25-21(23-3)24-15-17-9-10-18(16(2)13-17)29(4,26)27/h9-10,13,19-20H,5-8,11-12,14-15H2,1-4H3,(H2,23,24,25). The topological polar surface area (TPSA) is 79.8 Å². The Morgan fingerprint density at radius 1 is 1.28 bits per heavy atom. The molecule has 3 rings (SSSR count). The maximum Gasteiger partial charge on any atom is 0.191 e. The summed E-state index contributed by atoms with van der Waals surface area (Å²) in [6.07, 6.45) is 8.94. The third kappa shape index (κ3) is 4.77. The molecule has 1 aromatic carbocycles. The number of aliphatic imine (C=N–C) groups is 1. The van der Waals surface area contributed by atoms with Crippen LogP contribution in [0.3, 0.4) is 0 Å². The van der Waals surface area contributed by atoms with Crippen molar-refractivity contribution in [3.63, 3.8) is 0 Å². The van der Waals surface area contributed by atoms with Crippen molar-refractivity contribution in [2.24, 2.45) is 10.4 Å². The zero-order valence-electron chi connectivity index (χ0n) is 18.1. The number of ether oxygens (including phenoxy) is 1. The van der Waals surface area contributed by atoms with Gasteiger partial charge in [-0.3, -0.25) is 4.99 Å². The van der Waals surface area contributed by atoms with Gasteiger partial charge in [-0.15, -0.1) is 0 Å². The fourth-order valence-electron chi connectivity index (χ4n) is 5.05. The summed E-state index contributed by atoms with van der Waals surface area (Å²) in [5.41, 5.74) is 2.04. The summed E-state index contributed by atoms with van der Waals surface area (Å²) >= 11 is 0. The van der Waals surface area contributed by atoms with Crippen molar-refractivity contribution < 1.29 is 13.2 Å². The predicted molar refractivity (Wildman–Crippen MR) is 117 cm³/mol. The van der Waals surface area contributed by atoms with Crippen LogP contribution in [0.15, 0.2) is 28.1 Å². The van der Waals surface area contributed by atoms with E-state index in [0.717, 1.165) is 30.1 Å². The molecule has 2 atom stereocenters. The van der Waals surface area contributed by atoms with Crippen molar-refractivity contribution in [3.05, 3.63) is 29.3 Å². The maximum absolute atomic E-state index is 11.8. The first-order chi connectivity index (χ1) is 13.8. The smallest absolute Gasteiger partial charge is 0.191 e. The van der Waals surface area contributed by atoms with Crippen LogP contribution in [0.25, 0.3) is 0 Å². The predicted octanol–water partition coefficient (Wildman–Crippen LogP) is 3.19. The summed E-state index contributed by atoms with van der Waals surface area (Å²) in [7, 11) is -1.40. The third-order valence-electron chi connectivity index (χ3n) is 6.57. The number of aryl methyl sites for hydroxylation is 1. The van der Waals surface area contributed by atoms with Crippen LogP contribution in [0.1, 0.15) is 56.6 Å². The van der Waals surface area contributed by atoms with Crippen molar-refractivity contribution in [1.29, 1.82) is 0 Å². The van der Waals surface area contributed by atoms with Gasteiger partial charge in [-0.05, 0) is 50.3 Å². The molecular formula is C22H35N3O3S. The molecule has 0 heterocycles. The highest BCUT2D eigenvalue weighted by Crippen LogP contribution is 2.53. The Labute approximate surface area is 175 Å². The van der Waals surface area contributed by atoms with E-state index < -0.39 is 9.84 Å².